The molecule has 8 heteroatoms. The molecule has 25 heavy (non-hydrogen) atoms. The number of sulfonamides is 1. The van der Waals surface area contributed by atoms with Crippen molar-refractivity contribution in [2.45, 2.75) is 37.8 Å². The standard InChI is InChI=1S/C17H20FN3O3S/c1-3-12(2)21-25(23,24)14-6-7-16(18)15(9-14)17(22)20-11-13-5-4-8-19-10-13/h4-10,12,21H,3,11H2,1-2H3,(H,20,22). The Morgan fingerprint density at radius 3 is 2.72 bits per heavy atom. The molecule has 2 rings (SSSR count). The molecule has 1 heterocycles. The van der Waals surface area contributed by atoms with Crippen LogP contribution in [-0.2, 0) is 16.6 Å². The lowest BCUT2D eigenvalue weighted by Crippen LogP contribution is -2.32. The lowest BCUT2D eigenvalue weighted by molar-refractivity contribution is 0.0946. The van der Waals surface area contributed by atoms with Gasteiger partial charge in [0.1, 0.15) is 5.82 Å². The molecule has 1 aromatic heterocycles. The molecular formula is C17H20FN3O3S. The minimum absolute atomic E-state index is 0.152. The van der Waals surface area contributed by atoms with Gasteiger partial charge in [0.25, 0.3) is 5.91 Å². The number of rotatable bonds is 7. The number of amides is 1. The van der Waals surface area contributed by atoms with Gasteiger partial charge in [0.15, 0.2) is 0 Å². The highest BCUT2D eigenvalue weighted by atomic mass is 32.2. The van der Waals surface area contributed by atoms with Crippen molar-refractivity contribution in [3.8, 4) is 0 Å². The fourth-order valence-electron chi connectivity index (χ4n) is 2.04. The average Bonchev–Trinajstić information content (AvgIpc) is 2.60. The first-order valence-electron chi connectivity index (χ1n) is 7.82. The number of hydrogen-bond donors (Lipinski definition) is 2. The molecule has 0 aliphatic carbocycles. The number of hydrogen-bond acceptors (Lipinski definition) is 4. The van der Waals surface area contributed by atoms with Gasteiger partial charge in [-0.3, -0.25) is 9.78 Å². The van der Waals surface area contributed by atoms with E-state index in [1.54, 1.807) is 31.5 Å². The Balaban J connectivity index is 2.19. The fourth-order valence-corrected chi connectivity index (χ4v) is 3.39. The minimum Gasteiger partial charge on any atom is -0.348 e. The third-order valence-corrected chi connectivity index (χ3v) is 5.22. The van der Waals surface area contributed by atoms with Crippen LogP contribution in [0.4, 0.5) is 4.39 Å². The van der Waals surface area contributed by atoms with Gasteiger partial charge in [0.2, 0.25) is 10.0 Å². The van der Waals surface area contributed by atoms with Crippen molar-refractivity contribution < 1.29 is 17.6 Å². The van der Waals surface area contributed by atoms with Crippen LogP contribution in [0.15, 0.2) is 47.6 Å². The SMILES string of the molecule is CCC(C)NS(=O)(=O)c1ccc(F)c(C(=O)NCc2cccnc2)c1. The number of halogens is 1. The van der Waals surface area contributed by atoms with E-state index < -0.39 is 21.7 Å². The van der Waals surface area contributed by atoms with Crippen LogP contribution in [0.25, 0.3) is 0 Å². The number of benzene rings is 1. The smallest absolute Gasteiger partial charge is 0.254 e. The van der Waals surface area contributed by atoms with E-state index in [0.29, 0.717) is 6.42 Å². The summed E-state index contributed by atoms with van der Waals surface area (Å²) in [6.07, 6.45) is 3.79. The average molecular weight is 365 g/mol. The van der Waals surface area contributed by atoms with Gasteiger partial charge in [-0.05, 0) is 43.2 Å². The van der Waals surface area contributed by atoms with Crippen LogP contribution in [0.2, 0.25) is 0 Å². The van der Waals surface area contributed by atoms with Crippen LogP contribution in [0.5, 0.6) is 0 Å². The molecule has 0 saturated heterocycles. The van der Waals surface area contributed by atoms with Crippen molar-refractivity contribution in [1.29, 1.82) is 0 Å². The van der Waals surface area contributed by atoms with Crippen LogP contribution in [0.1, 0.15) is 36.2 Å². The number of nitrogens with one attached hydrogen (secondary N) is 2. The number of carbonyl (C=O) groups is 1. The Morgan fingerprint density at radius 2 is 2.08 bits per heavy atom. The summed E-state index contributed by atoms with van der Waals surface area (Å²) in [6, 6.07) is 6.37. The van der Waals surface area contributed by atoms with Gasteiger partial charge >= 0.3 is 0 Å². The fraction of sp³-hybridized carbons (Fsp3) is 0.294. The third-order valence-electron chi connectivity index (χ3n) is 3.64. The minimum atomic E-state index is -3.82. The van der Waals surface area contributed by atoms with Gasteiger partial charge in [-0.25, -0.2) is 17.5 Å². The van der Waals surface area contributed by atoms with Crippen LogP contribution in [0, 0.1) is 5.82 Å². The van der Waals surface area contributed by atoms with Crippen LogP contribution >= 0.6 is 0 Å². The topological polar surface area (TPSA) is 88.2 Å². The summed E-state index contributed by atoms with van der Waals surface area (Å²) in [4.78, 5) is 16.0. The van der Waals surface area contributed by atoms with Crippen molar-refractivity contribution in [1.82, 2.24) is 15.0 Å². The molecule has 0 aliphatic heterocycles. The highest BCUT2D eigenvalue weighted by Gasteiger charge is 2.20. The predicted octanol–water partition coefficient (Wildman–Crippen LogP) is 2.23. The third kappa shape index (κ3) is 5.07. The summed E-state index contributed by atoms with van der Waals surface area (Å²) in [7, 11) is -3.82. The number of pyridine rings is 1. The van der Waals surface area contributed by atoms with E-state index in [4.69, 9.17) is 0 Å². The van der Waals surface area contributed by atoms with Crippen LogP contribution in [-0.4, -0.2) is 25.4 Å². The van der Waals surface area contributed by atoms with E-state index in [0.717, 1.165) is 23.8 Å². The van der Waals surface area contributed by atoms with Crippen molar-refractivity contribution >= 4 is 15.9 Å². The highest BCUT2D eigenvalue weighted by Crippen LogP contribution is 2.16. The van der Waals surface area contributed by atoms with Gasteiger partial charge in [-0.15, -0.1) is 0 Å². The molecule has 0 saturated carbocycles. The maximum atomic E-state index is 14.0. The summed E-state index contributed by atoms with van der Waals surface area (Å²) in [5.74, 6) is -1.48. The van der Waals surface area contributed by atoms with Crippen molar-refractivity contribution in [3.05, 3.63) is 59.7 Å². The highest BCUT2D eigenvalue weighted by molar-refractivity contribution is 7.89. The molecule has 2 N–H and O–H groups in total. The maximum absolute atomic E-state index is 14.0. The molecule has 0 fully saturated rings. The van der Waals surface area contributed by atoms with Crippen LogP contribution in [0.3, 0.4) is 0 Å². The van der Waals surface area contributed by atoms with Gasteiger partial charge in [0.05, 0.1) is 10.5 Å². The largest absolute Gasteiger partial charge is 0.348 e. The molecule has 0 bridgehead atoms. The van der Waals surface area contributed by atoms with Gasteiger partial charge in [-0.1, -0.05) is 13.0 Å². The molecule has 0 aliphatic rings. The molecule has 1 atom stereocenters. The normalized spacial score (nSPS) is 12.6. The lowest BCUT2D eigenvalue weighted by atomic mass is 10.2. The van der Waals surface area contributed by atoms with Crippen molar-refractivity contribution in [2.24, 2.45) is 0 Å². The molecular weight excluding hydrogens is 345 g/mol. The van der Waals surface area contributed by atoms with E-state index in [1.807, 2.05) is 6.92 Å². The van der Waals surface area contributed by atoms with Crippen molar-refractivity contribution in [2.75, 3.05) is 0 Å². The van der Waals surface area contributed by atoms with E-state index in [1.165, 1.54) is 0 Å². The van der Waals surface area contributed by atoms with Crippen molar-refractivity contribution in [3.63, 3.8) is 0 Å². The zero-order valence-electron chi connectivity index (χ0n) is 14.0. The maximum Gasteiger partial charge on any atom is 0.254 e. The molecule has 0 radical (unpaired) electrons. The molecule has 2 aromatic rings. The molecule has 1 amide bonds. The number of aromatic nitrogens is 1. The first-order chi connectivity index (χ1) is 11.8. The van der Waals surface area contributed by atoms with E-state index in [-0.39, 0.29) is 23.0 Å². The second-order valence-electron chi connectivity index (χ2n) is 5.62. The summed E-state index contributed by atoms with van der Waals surface area (Å²) in [6.45, 7) is 3.73. The molecule has 134 valence electrons. The van der Waals surface area contributed by atoms with E-state index >= 15 is 0 Å². The lowest BCUT2D eigenvalue weighted by Gasteiger charge is -2.13. The Hall–Kier alpha value is -2.32. The summed E-state index contributed by atoms with van der Waals surface area (Å²) < 4.78 is 41.0. The van der Waals surface area contributed by atoms with Gasteiger partial charge in [-0.2, -0.15) is 0 Å². The predicted molar refractivity (Wildman–Crippen MR) is 91.9 cm³/mol. The Labute approximate surface area is 146 Å². The Morgan fingerprint density at radius 1 is 1.32 bits per heavy atom. The molecule has 1 unspecified atom stereocenters. The van der Waals surface area contributed by atoms with Gasteiger partial charge in [0, 0.05) is 25.0 Å². The van der Waals surface area contributed by atoms with E-state index in [2.05, 4.69) is 15.0 Å². The zero-order valence-corrected chi connectivity index (χ0v) is 14.8. The van der Waals surface area contributed by atoms with E-state index in [9.17, 15) is 17.6 Å². The quantitative estimate of drug-likeness (QED) is 0.788. The molecule has 6 nitrogen and oxygen atoms in total. The Bertz CT molecular complexity index is 841. The summed E-state index contributed by atoms with van der Waals surface area (Å²) in [5.41, 5.74) is 0.425. The second kappa shape index (κ2) is 8.17. The second-order valence-corrected chi connectivity index (χ2v) is 7.33. The summed E-state index contributed by atoms with van der Waals surface area (Å²) >= 11 is 0. The monoisotopic (exact) mass is 365 g/mol. The first-order valence-corrected chi connectivity index (χ1v) is 9.30. The number of carbonyl (C=O) groups excluding carboxylic acids is 1. The zero-order chi connectivity index (χ0) is 18.4. The first kappa shape index (κ1) is 19.0. The van der Waals surface area contributed by atoms with Gasteiger partial charge < -0.3 is 5.32 Å². The molecule has 1 aromatic carbocycles. The van der Waals surface area contributed by atoms with Crippen LogP contribution < -0.4 is 10.0 Å². The summed E-state index contributed by atoms with van der Waals surface area (Å²) in [5, 5.41) is 2.55. The number of nitrogens with zero attached hydrogens (tertiary/aromatic N) is 1. The molecule has 0 spiro atoms. The Kier molecular flexibility index (Phi) is 6.22.